The van der Waals surface area contributed by atoms with E-state index in [1.807, 2.05) is 19.4 Å². The SMILES string of the molecule is CCC(CNC)CNCc1cc[nH]c1. The third kappa shape index (κ3) is 3.94. The van der Waals surface area contributed by atoms with Crippen LogP contribution in [0.2, 0.25) is 0 Å². The average Bonchev–Trinajstić information content (AvgIpc) is 2.69. The van der Waals surface area contributed by atoms with Gasteiger partial charge in [0.1, 0.15) is 0 Å². The molecule has 3 heteroatoms. The smallest absolute Gasteiger partial charge is 0.0220 e. The van der Waals surface area contributed by atoms with E-state index >= 15 is 0 Å². The second-order valence-electron chi connectivity index (χ2n) is 3.68. The first-order valence-corrected chi connectivity index (χ1v) is 5.33. The van der Waals surface area contributed by atoms with Gasteiger partial charge < -0.3 is 15.6 Å². The molecule has 80 valence electrons. The Bertz CT molecular complexity index is 218. The molecular weight excluding hydrogens is 174 g/mol. The second-order valence-corrected chi connectivity index (χ2v) is 3.68. The van der Waals surface area contributed by atoms with Gasteiger partial charge in [0.25, 0.3) is 0 Å². The van der Waals surface area contributed by atoms with Crippen LogP contribution in [-0.2, 0) is 6.54 Å². The number of hydrogen-bond donors (Lipinski definition) is 3. The molecule has 3 N–H and O–H groups in total. The van der Waals surface area contributed by atoms with Gasteiger partial charge in [-0.2, -0.15) is 0 Å². The first kappa shape index (κ1) is 11.3. The molecule has 0 spiro atoms. The van der Waals surface area contributed by atoms with Crippen LogP contribution in [0.1, 0.15) is 18.9 Å². The third-order valence-electron chi connectivity index (χ3n) is 2.49. The fourth-order valence-corrected chi connectivity index (χ4v) is 1.54. The zero-order valence-corrected chi connectivity index (χ0v) is 9.14. The van der Waals surface area contributed by atoms with Crippen molar-refractivity contribution in [2.45, 2.75) is 19.9 Å². The van der Waals surface area contributed by atoms with Crippen molar-refractivity contribution in [2.24, 2.45) is 5.92 Å². The Morgan fingerprint density at radius 2 is 2.29 bits per heavy atom. The first-order valence-electron chi connectivity index (χ1n) is 5.33. The lowest BCUT2D eigenvalue weighted by Gasteiger charge is -2.14. The van der Waals surface area contributed by atoms with Gasteiger partial charge in [0, 0.05) is 18.9 Å². The van der Waals surface area contributed by atoms with Crippen LogP contribution in [0.3, 0.4) is 0 Å². The van der Waals surface area contributed by atoms with Crippen molar-refractivity contribution in [3.05, 3.63) is 24.0 Å². The first-order chi connectivity index (χ1) is 6.86. The van der Waals surface area contributed by atoms with Gasteiger partial charge in [0.2, 0.25) is 0 Å². The minimum absolute atomic E-state index is 0.735. The largest absolute Gasteiger partial charge is 0.367 e. The Morgan fingerprint density at radius 3 is 2.86 bits per heavy atom. The summed E-state index contributed by atoms with van der Waals surface area (Å²) in [4.78, 5) is 3.05. The topological polar surface area (TPSA) is 39.8 Å². The lowest BCUT2D eigenvalue weighted by atomic mass is 10.1. The van der Waals surface area contributed by atoms with Crippen molar-refractivity contribution >= 4 is 0 Å². The van der Waals surface area contributed by atoms with Gasteiger partial charge in [-0.25, -0.2) is 0 Å². The van der Waals surface area contributed by atoms with Gasteiger partial charge in [-0.3, -0.25) is 0 Å². The maximum Gasteiger partial charge on any atom is 0.0220 e. The molecule has 0 saturated carbocycles. The predicted molar refractivity (Wildman–Crippen MR) is 60.2 cm³/mol. The van der Waals surface area contributed by atoms with E-state index in [-0.39, 0.29) is 0 Å². The molecule has 3 nitrogen and oxygen atoms in total. The quantitative estimate of drug-likeness (QED) is 0.614. The van der Waals surface area contributed by atoms with Crippen molar-refractivity contribution in [3.63, 3.8) is 0 Å². The molecule has 0 aliphatic heterocycles. The summed E-state index contributed by atoms with van der Waals surface area (Å²) in [5.74, 6) is 0.735. The fourth-order valence-electron chi connectivity index (χ4n) is 1.54. The van der Waals surface area contributed by atoms with E-state index < -0.39 is 0 Å². The van der Waals surface area contributed by atoms with Crippen LogP contribution in [0.25, 0.3) is 0 Å². The van der Waals surface area contributed by atoms with E-state index in [0.717, 1.165) is 25.6 Å². The van der Waals surface area contributed by atoms with Crippen LogP contribution >= 0.6 is 0 Å². The monoisotopic (exact) mass is 195 g/mol. The summed E-state index contributed by atoms with van der Waals surface area (Å²) in [6.45, 7) is 5.38. The molecule has 14 heavy (non-hydrogen) atoms. The van der Waals surface area contributed by atoms with Crippen molar-refractivity contribution < 1.29 is 0 Å². The zero-order chi connectivity index (χ0) is 10.2. The Labute approximate surface area is 86.3 Å². The van der Waals surface area contributed by atoms with Crippen molar-refractivity contribution in [1.29, 1.82) is 0 Å². The summed E-state index contributed by atoms with van der Waals surface area (Å²) in [6, 6.07) is 2.10. The van der Waals surface area contributed by atoms with Crippen LogP contribution < -0.4 is 10.6 Å². The van der Waals surface area contributed by atoms with E-state index in [1.165, 1.54) is 12.0 Å². The molecule has 1 aromatic rings. The highest BCUT2D eigenvalue weighted by molar-refractivity contribution is 5.07. The summed E-state index contributed by atoms with van der Waals surface area (Å²) >= 11 is 0. The lowest BCUT2D eigenvalue weighted by molar-refractivity contribution is 0.445. The Hall–Kier alpha value is -0.800. The predicted octanol–water partition coefficient (Wildman–Crippen LogP) is 1.35. The van der Waals surface area contributed by atoms with E-state index in [4.69, 9.17) is 0 Å². The van der Waals surface area contributed by atoms with Gasteiger partial charge >= 0.3 is 0 Å². The Balaban J connectivity index is 2.13. The standard InChI is InChI=1S/C11H21N3/c1-3-10(6-12-2)7-14-9-11-4-5-13-8-11/h4-5,8,10,12-14H,3,6-7,9H2,1-2H3. The minimum Gasteiger partial charge on any atom is -0.367 e. The highest BCUT2D eigenvalue weighted by atomic mass is 14.9. The Morgan fingerprint density at radius 1 is 1.43 bits per heavy atom. The molecule has 0 aromatic carbocycles. The van der Waals surface area contributed by atoms with Crippen molar-refractivity contribution in [3.8, 4) is 0 Å². The van der Waals surface area contributed by atoms with E-state index in [2.05, 4.69) is 28.6 Å². The number of hydrogen-bond acceptors (Lipinski definition) is 2. The molecule has 1 rings (SSSR count). The number of aromatic nitrogens is 1. The molecule has 0 bridgehead atoms. The average molecular weight is 195 g/mol. The van der Waals surface area contributed by atoms with E-state index in [1.54, 1.807) is 0 Å². The fraction of sp³-hybridized carbons (Fsp3) is 0.636. The molecule has 0 saturated heterocycles. The summed E-state index contributed by atoms with van der Waals surface area (Å²) in [7, 11) is 2.01. The van der Waals surface area contributed by atoms with Crippen molar-refractivity contribution in [1.82, 2.24) is 15.6 Å². The highest BCUT2D eigenvalue weighted by Crippen LogP contribution is 2.00. The van der Waals surface area contributed by atoms with Gasteiger partial charge in [0.05, 0.1) is 0 Å². The molecule has 0 aliphatic rings. The van der Waals surface area contributed by atoms with E-state index in [9.17, 15) is 0 Å². The minimum atomic E-state index is 0.735. The van der Waals surface area contributed by atoms with Crippen LogP contribution in [-0.4, -0.2) is 25.1 Å². The molecule has 0 aliphatic carbocycles. The van der Waals surface area contributed by atoms with Crippen molar-refractivity contribution in [2.75, 3.05) is 20.1 Å². The van der Waals surface area contributed by atoms with Crippen LogP contribution in [0.5, 0.6) is 0 Å². The number of rotatable bonds is 7. The summed E-state index contributed by atoms with van der Waals surface area (Å²) in [6.07, 6.45) is 5.22. The maximum atomic E-state index is 3.46. The maximum absolute atomic E-state index is 3.46. The molecule has 0 fully saturated rings. The highest BCUT2D eigenvalue weighted by Gasteiger charge is 2.03. The normalized spacial score (nSPS) is 13.0. The number of aromatic amines is 1. The molecule has 0 radical (unpaired) electrons. The van der Waals surface area contributed by atoms with E-state index in [0.29, 0.717) is 0 Å². The van der Waals surface area contributed by atoms with Gasteiger partial charge in [-0.15, -0.1) is 0 Å². The Kier molecular flexibility index (Phi) is 5.33. The summed E-state index contributed by atoms with van der Waals surface area (Å²) < 4.78 is 0. The molecule has 1 aromatic heterocycles. The molecule has 1 unspecified atom stereocenters. The third-order valence-corrected chi connectivity index (χ3v) is 2.49. The van der Waals surface area contributed by atoms with Crippen LogP contribution in [0, 0.1) is 5.92 Å². The van der Waals surface area contributed by atoms with Gasteiger partial charge in [-0.1, -0.05) is 13.3 Å². The number of nitrogens with one attached hydrogen (secondary N) is 3. The van der Waals surface area contributed by atoms with Crippen LogP contribution in [0.4, 0.5) is 0 Å². The molecular formula is C11H21N3. The summed E-state index contributed by atoms with van der Waals surface area (Å²) in [5, 5.41) is 6.68. The van der Waals surface area contributed by atoms with Crippen LogP contribution in [0.15, 0.2) is 18.5 Å². The summed E-state index contributed by atoms with van der Waals surface area (Å²) in [5.41, 5.74) is 1.32. The lowest BCUT2D eigenvalue weighted by Crippen LogP contribution is -2.29. The zero-order valence-electron chi connectivity index (χ0n) is 9.14. The van der Waals surface area contributed by atoms with Gasteiger partial charge in [0.15, 0.2) is 0 Å². The second kappa shape index (κ2) is 6.62. The van der Waals surface area contributed by atoms with Gasteiger partial charge in [-0.05, 0) is 37.7 Å². The number of H-pyrrole nitrogens is 1. The molecule has 1 atom stereocenters. The molecule has 0 amide bonds. The molecule has 1 heterocycles.